The Morgan fingerprint density at radius 1 is 1.43 bits per heavy atom. The Balaban J connectivity index is 3.09. The number of hydrogen-bond acceptors (Lipinski definition) is 3. The minimum Gasteiger partial charge on any atom is -0.376 e. The second-order valence-corrected chi connectivity index (χ2v) is 4.37. The van der Waals surface area contributed by atoms with Gasteiger partial charge in [0.1, 0.15) is 0 Å². The zero-order chi connectivity index (χ0) is 10.8. The number of aliphatic hydroxyl groups excluding tert-OH is 1. The highest BCUT2D eigenvalue weighted by molar-refractivity contribution is 7.51. The molecule has 74 valence electrons. The first-order valence-electron chi connectivity index (χ1n) is 3.68. The average molecular weight is 213 g/mol. The fraction of sp³-hybridized carbons (Fsp3) is 0.125. The molecule has 1 aromatic rings. The second-order valence-electron chi connectivity index (χ2n) is 2.70. The molecule has 0 aliphatic carbocycles. The maximum atomic E-state index is 10.7. The van der Waals surface area contributed by atoms with Crippen molar-refractivity contribution < 1.29 is 19.5 Å². The van der Waals surface area contributed by atoms with Crippen LogP contribution in [0.1, 0.15) is 17.0 Å². The highest BCUT2D eigenvalue weighted by Crippen LogP contribution is 2.49. The molecule has 0 aromatic heterocycles. The summed E-state index contributed by atoms with van der Waals surface area (Å²) in [6.45, 7) is 0. The smallest absolute Gasteiger partial charge is 0.358 e. The van der Waals surface area contributed by atoms with Crippen LogP contribution in [-0.4, -0.2) is 14.9 Å². The number of rotatable bonds is 2. The first-order chi connectivity index (χ1) is 6.45. The van der Waals surface area contributed by atoms with E-state index in [9.17, 15) is 9.67 Å². The van der Waals surface area contributed by atoms with E-state index in [0.29, 0.717) is 0 Å². The summed E-state index contributed by atoms with van der Waals surface area (Å²) >= 11 is 0. The number of hydrogen-bond donors (Lipinski definition) is 3. The van der Waals surface area contributed by atoms with Gasteiger partial charge >= 0.3 is 7.60 Å². The van der Waals surface area contributed by atoms with Gasteiger partial charge in [0.05, 0.1) is 11.6 Å². The zero-order valence-electron chi connectivity index (χ0n) is 7.03. The van der Waals surface area contributed by atoms with E-state index in [0.717, 1.165) is 0 Å². The lowest BCUT2D eigenvalue weighted by atomic mass is 10.1. The van der Waals surface area contributed by atoms with Crippen LogP contribution in [0, 0.1) is 11.3 Å². The van der Waals surface area contributed by atoms with E-state index in [1.165, 1.54) is 24.3 Å². The van der Waals surface area contributed by atoms with Crippen LogP contribution in [0.5, 0.6) is 0 Å². The number of nitriles is 1. The first kappa shape index (κ1) is 10.9. The van der Waals surface area contributed by atoms with Crippen LogP contribution in [-0.2, 0) is 4.57 Å². The quantitative estimate of drug-likeness (QED) is 0.628. The van der Waals surface area contributed by atoms with Crippen molar-refractivity contribution in [2.24, 2.45) is 0 Å². The van der Waals surface area contributed by atoms with Crippen LogP contribution < -0.4 is 0 Å². The van der Waals surface area contributed by atoms with Gasteiger partial charge in [-0.2, -0.15) is 5.26 Å². The summed E-state index contributed by atoms with van der Waals surface area (Å²) in [7, 11) is -4.56. The van der Waals surface area contributed by atoms with Crippen molar-refractivity contribution in [1.82, 2.24) is 0 Å². The van der Waals surface area contributed by atoms with Crippen molar-refractivity contribution >= 4 is 7.60 Å². The zero-order valence-corrected chi connectivity index (χ0v) is 7.93. The standard InChI is InChI=1S/C8H8NO4P/c9-5-6-2-1-3-7(4-6)8(10)14(11,12)13/h1-4,8,10H,(H2,11,12,13). The van der Waals surface area contributed by atoms with Crippen LogP contribution in [0.15, 0.2) is 24.3 Å². The van der Waals surface area contributed by atoms with Crippen LogP contribution in [0.2, 0.25) is 0 Å². The van der Waals surface area contributed by atoms with Crippen LogP contribution in [0.25, 0.3) is 0 Å². The van der Waals surface area contributed by atoms with E-state index in [-0.39, 0.29) is 11.1 Å². The number of benzene rings is 1. The van der Waals surface area contributed by atoms with Crippen LogP contribution >= 0.6 is 7.60 Å². The van der Waals surface area contributed by atoms with Gasteiger partial charge in [0.25, 0.3) is 0 Å². The number of aliphatic hydroxyl groups is 1. The third-order valence-electron chi connectivity index (χ3n) is 1.63. The van der Waals surface area contributed by atoms with E-state index in [1.54, 1.807) is 0 Å². The van der Waals surface area contributed by atoms with Crippen LogP contribution in [0.4, 0.5) is 0 Å². The molecule has 0 aliphatic heterocycles. The minimum absolute atomic E-state index is 0.0392. The third-order valence-corrected chi connectivity index (χ3v) is 2.57. The van der Waals surface area contributed by atoms with Crippen molar-refractivity contribution in [2.45, 2.75) is 5.85 Å². The molecule has 6 heteroatoms. The van der Waals surface area contributed by atoms with E-state index in [4.69, 9.17) is 15.0 Å². The van der Waals surface area contributed by atoms with Gasteiger partial charge in [-0.15, -0.1) is 0 Å². The molecule has 3 N–H and O–H groups in total. The predicted octanol–water partition coefficient (Wildman–Crippen LogP) is 0.727. The molecule has 1 unspecified atom stereocenters. The Morgan fingerprint density at radius 3 is 2.57 bits per heavy atom. The van der Waals surface area contributed by atoms with Crippen molar-refractivity contribution in [2.75, 3.05) is 0 Å². The summed E-state index contributed by atoms with van der Waals surface area (Å²) in [5, 5.41) is 17.7. The molecule has 0 bridgehead atoms. The largest absolute Gasteiger partial charge is 0.376 e. The molecular formula is C8H8NO4P. The molecule has 0 radical (unpaired) electrons. The highest BCUT2D eigenvalue weighted by atomic mass is 31.2. The van der Waals surface area contributed by atoms with Crippen LogP contribution in [0.3, 0.4) is 0 Å². The van der Waals surface area contributed by atoms with Crippen molar-refractivity contribution in [3.05, 3.63) is 35.4 Å². The summed E-state index contributed by atoms with van der Waals surface area (Å²) in [5.41, 5.74) is 0.285. The molecule has 14 heavy (non-hydrogen) atoms. The summed E-state index contributed by atoms with van der Waals surface area (Å²) in [6.07, 6.45) is 0. The van der Waals surface area contributed by atoms with Gasteiger partial charge in [-0.05, 0) is 17.7 Å². The molecule has 0 fully saturated rings. The Kier molecular flexibility index (Phi) is 3.04. The molecule has 1 rings (SSSR count). The molecule has 0 aliphatic rings. The van der Waals surface area contributed by atoms with Gasteiger partial charge in [0.15, 0.2) is 5.85 Å². The Hall–Kier alpha value is -1.18. The normalized spacial score (nSPS) is 13.3. The molecule has 1 aromatic carbocycles. The molecule has 0 heterocycles. The molecule has 0 amide bonds. The van der Waals surface area contributed by atoms with E-state index < -0.39 is 13.4 Å². The van der Waals surface area contributed by atoms with Crippen molar-refractivity contribution in [1.29, 1.82) is 5.26 Å². The molecule has 1 atom stereocenters. The fourth-order valence-corrected chi connectivity index (χ4v) is 1.51. The maximum absolute atomic E-state index is 10.7. The van der Waals surface area contributed by atoms with Gasteiger partial charge < -0.3 is 14.9 Å². The lowest BCUT2D eigenvalue weighted by molar-refractivity contribution is 0.205. The van der Waals surface area contributed by atoms with E-state index in [2.05, 4.69) is 0 Å². The van der Waals surface area contributed by atoms with Crippen molar-refractivity contribution in [3.8, 4) is 6.07 Å². The lowest BCUT2D eigenvalue weighted by Crippen LogP contribution is -1.98. The van der Waals surface area contributed by atoms with Gasteiger partial charge in [0, 0.05) is 0 Å². The summed E-state index contributed by atoms with van der Waals surface area (Å²) in [6, 6.07) is 7.33. The average Bonchev–Trinajstić information content (AvgIpc) is 2.15. The molecule has 0 spiro atoms. The predicted molar refractivity (Wildman–Crippen MR) is 48.2 cm³/mol. The van der Waals surface area contributed by atoms with Gasteiger partial charge in [-0.1, -0.05) is 12.1 Å². The Morgan fingerprint density at radius 2 is 2.07 bits per heavy atom. The summed E-state index contributed by atoms with van der Waals surface area (Å²) in [4.78, 5) is 17.4. The Labute approximate surface area is 80.4 Å². The molecule has 0 saturated heterocycles. The first-order valence-corrected chi connectivity index (χ1v) is 5.36. The third kappa shape index (κ3) is 2.41. The molecule has 5 nitrogen and oxygen atoms in total. The van der Waals surface area contributed by atoms with Crippen molar-refractivity contribution in [3.63, 3.8) is 0 Å². The molecular weight excluding hydrogens is 205 g/mol. The monoisotopic (exact) mass is 213 g/mol. The number of nitrogens with zero attached hydrogens (tertiary/aromatic N) is 1. The molecule has 0 saturated carbocycles. The van der Waals surface area contributed by atoms with E-state index >= 15 is 0 Å². The maximum Gasteiger partial charge on any atom is 0.358 e. The van der Waals surface area contributed by atoms with Gasteiger partial charge in [-0.25, -0.2) is 0 Å². The summed E-state index contributed by atoms with van der Waals surface area (Å²) < 4.78 is 10.7. The fourth-order valence-electron chi connectivity index (χ4n) is 0.963. The van der Waals surface area contributed by atoms with E-state index in [1.807, 2.05) is 6.07 Å². The summed E-state index contributed by atoms with van der Waals surface area (Å²) in [5.74, 6) is -1.87. The second kappa shape index (κ2) is 3.91. The highest BCUT2D eigenvalue weighted by Gasteiger charge is 2.27. The Bertz CT molecular complexity index is 420. The van der Waals surface area contributed by atoms with Gasteiger partial charge in [-0.3, -0.25) is 4.57 Å². The lowest BCUT2D eigenvalue weighted by Gasteiger charge is -2.12. The topological polar surface area (TPSA) is 102 Å². The SMILES string of the molecule is N#Cc1cccc(C(O)P(=O)(O)O)c1. The van der Waals surface area contributed by atoms with Gasteiger partial charge in [0.2, 0.25) is 0 Å². The minimum atomic E-state index is -4.56.